The summed E-state index contributed by atoms with van der Waals surface area (Å²) in [6, 6.07) is 5.94. The Hall–Kier alpha value is -2.45. The zero-order valence-electron chi connectivity index (χ0n) is 16.7. The summed E-state index contributed by atoms with van der Waals surface area (Å²) in [6.45, 7) is 0.396. The maximum absolute atomic E-state index is 13.5. The number of carbonyl (C=O) groups excluding carboxylic acids is 2. The summed E-state index contributed by atoms with van der Waals surface area (Å²) in [5.41, 5.74) is 0.0719. The van der Waals surface area contributed by atoms with E-state index in [0.29, 0.717) is 11.7 Å². The summed E-state index contributed by atoms with van der Waals surface area (Å²) in [5.74, 6) is -0.346. The summed E-state index contributed by atoms with van der Waals surface area (Å²) < 4.78 is 12.5. The van der Waals surface area contributed by atoms with Gasteiger partial charge in [0.2, 0.25) is 11.8 Å². The fraction of sp³-hybridized carbons (Fsp3) is 0.500. The van der Waals surface area contributed by atoms with Gasteiger partial charge < -0.3 is 14.8 Å². The molecular weight excluding hydrogens is 402 g/mol. The summed E-state index contributed by atoms with van der Waals surface area (Å²) in [7, 11) is 1.62. The van der Waals surface area contributed by atoms with Crippen LogP contribution in [0.2, 0.25) is 0 Å². The number of nitrogens with zero attached hydrogens (tertiary/aromatic N) is 2. The van der Waals surface area contributed by atoms with Gasteiger partial charge in [0.05, 0.1) is 41.8 Å². The molecule has 4 aliphatic rings. The molecule has 3 aliphatic heterocycles. The van der Waals surface area contributed by atoms with Crippen molar-refractivity contribution < 1.29 is 19.1 Å². The Labute approximate surface area is 178 Å². The highest BCUT2D eigenvalue weighted by molar-refractivity contribution is 7.22. The summed E-state index contributed by atoms with van der Waals surface area (Å²) in [6.07, 6.45) is 7.96. The van der Waals surface area contributed by atoms with Crippen molar-refractivity contribution in [3.63, 3.8) is 0 Å². The number of ether oxygens (including phenoxy) is 2. The first-order valence-electron chi connectivity index (χ1n) is 10.5. The largest absolute Gasteiger partial charge is 0.497 e. The topological polar surface area (TPSA) is 80.8 Å². The van der Waals surface area contributed by atoms with Crippen LogP contribution in [0.3, 0.4) is 0 Å². The van der Waals surface area contributed by atoms with Gasteiger partial charge in [-0.2, -0.15) is 0 Å². The van der Waals surface area contributed by atoms with Gasteiger partial charge in [-0.15, -0.1) is 0 Å². The molecule has 1 aliphatic carbocycles. The molecule has 1 aromatic heterocycles. The van der Waals surface area contributed by atoms with E-state index in [1.54, 1.807) is 12.0 Å². The molecule has 2 aromatic rings. The average Bonchev–Trinajstić information content (AvgIpc) is 3.54. The maximum atomic E-state index is 13.5. The number of anilines is 1. The Morgan fingerprint density at radius 3 is 3.00 bits per heavy atom. The number of hydrogen-bond donors (Lipinski definition) is 1. The van der Waals surface area contributed by atoms with Crippen molar-refractivity contribution in [2.45, 2.75) is 43.4 Å². The van der Waals surface area contributed by atoms with Crippen LogP contribution < -0.4 is 15.0 Å². The van der Waals surface area contributed by atoms with Gasteiger partial charge >= 0.3 is 0 Å². The van der Waals surface area contributed by atoms with Crippen LogP contribution in [-0.4, -0.2) is 48.2 Å². The third kappa shape index (κ3) is 2.56. The monoisotopic (exact) mass is 425 g/mol. The van der Waals surface area contributed by atoms with Crippen molar-refractivity contribution in [3.8, 4) is 5.75 Å². The summed E-state index contributed by atoms with van der Waals surface area (Å²) in [4.78, 5) is 33.0. The lowest BCUT2D eigenvalue weighted by atomic mass is 9.76. The molecule has 1 N–H and O–H groups in total. The van der Waals surface area contributed by atoms with E-state index in [-0.39, 0.29) is 24.0 Å². The molecule has 8 heteroatoms. The highest BCUT2D eigenvalue weighted by Crippen LogP contribution is 2.53. The van der Waals surface area contributed by atoms with Crippen LogP contribution in [0.15, 0.2) is 30.4 Å². The minimum Gasteiger partial charge on any atom is -0.497 e. The van der Waals surface area contributed by atoms with Gasteiger partial charge in [-0.1, -0.05) is 36.3 Å². The Balaban J connectivity index is 1.30. The van der Waals surface area contributed by atoms with Crippen LogP contribution in [0, 0.1) is 11.8 Å². The van der Waals surface area contributed by atoms with Gasteiger partial charge in [0.25, 0.3) is 0 Å². The third-order valence-electron chi connectivity index (χ3n) is 6.92. The molecular formula is C22H23N3O4S. The van der Waals surface area contributed by atoms with Gasteiger partial charge in [0, 0.05) is 12.1 Å². The minimum absolute atomic E-state index is 0.0487. The Bertz CT molecular complexity index is 1080. The normalized spacial score (nSPS) is 32.4. The van der Waals surface area contributed by atoms with Gasteiger partial charge in [-0.25, -0.2) is 4.98 Å². The van der Waals surface area contributed by atoms with Crippen molar-refractivity contribution in [2.24, 2.45) is 11.8 Å². The molecule has 2 bridgehead atoms. The molecule has 156 valence electrons. The number of aromatic nitrogens is 1. The number of amides is 2. The second-order valence-corrected chi connectivity index (χ2v) is 9.65. The molecule has 1 aromatic carbocycles. The van der Waals surface area contributed by atoms with Gasteiger partial charge in [0.15, 0.2) is 5.13 Å². The van der Waals surface area contributed by atoms with Crippen molar-refractivity contribution in [3.05, 3.63) is 30.4 Å². The molecule has 6 rings (SSSR count). The SMILES string of the molecule is COc1ccc2sc(N3C[C@@]45C=C[C@H](O4)[C@@H](C(=O)NC4CCCC4)[C@@H]5C3=O)nc2c1. The zero-order chi connectivity index (χ0) is 20.5. The standard InChI is InChI=1S/C22H23N3O4S/c1-28-13-6-7-16-14(10-13)24-21(30-16)25-11-22-9-8-15(29-22)17(18(22)20(25)27)19(26)23-12-4-2-3-5-12/h6-10,12,15,17-18H,2-5,11H2,1H3,(H,23,26)/t15-,17+,18+,22+/m0/s1. The highest BCUT2D eigenvalue weighted by atomic mass is 32.1. The fourth-order valence-corrected chi connectivity index (χ4v) is 6.42. The Morgan fingerprint density at radius 1 is 1.37 bits per heavy atom. The fourth-order valence-electron chi connectivity index (χ4n) is 5.46. The predicted octanol–water partition coefficient (Wildman–Crippen LogP) is 2.65. The molecule has 2 amide bonds. The van der Waals surface area contributed by atoms with E-state index in [1.807, 2.05) is 30.4 Å². The lowest BCUT2D eigenvalue weighted by Gasteiger charge is -2.24. The molecule has 0 radical (unpaired) electrons. The number of hydrogen-bond acceptors (Lipinski definition) is 6. The van der Waals surface area contributed by atoms with Crippen molar-refractivity contribution in [2.75, 3.05) is 18.6 Å². The first kappa shape index (κ1) is 18.3. The summed E-state index contributed by atoms with van der Waals surface area (Å²) >= 11 is 1.47. The first-order chi connectivity index (χ1) is 14.6. The maximum Gasteiger partial charge on any atom is 0.236 e. The van der Waals surface area contributed by atoms with Crippen molar-refractivity contribution in [1.29, 1.82) is 0 Å². The first-order valence-corrected chi connectivity index (χ1v) is 11.3. The number of nitrogens with one attached hydrogen (secondary N) is 1. The second kappa shape index (κ2) is 6.52. The molecule has 30 heavy (non-hydrogen) atoms. The molecule has 2 saturated heterocycles. The van der Waals surface area contributed by atoms with Crippen LogP contribution in [-0.2, 0) is 14.3 Å². The quantitative estimate of drug-likeness (QED) is 0.762. The number of thiazole rings is 1. The van der Waals surface area contributed by atoms with E-state index in [0.717, 1.165) is 41.6 Å². The predicted molar refractivity (Wildman–Crippen MR) is 113 cm³/mol. The van der Waals surface area contributed by atoms with E-state index in [9.17, 15) is 9.59 Å². The highest BCUT2D eigenvalue weighted by Gasteiger charge is 2.67. The van der Waals surface area contributed by atoms with Crippen LogP contribution in [0.25, 0.3) is 10.2 Å². The molecule has 4 atom stereocenters. The molecule has 3 fully saturated rings. The number of benzene rings is 1. The Kier molecular flexibility index (Phi) is 3.98. The van der Waals surface area contributed by atoms with E-state index in [4.69, 9.17) is 9.47 Å². The zero-order valence-corrected chi connectivity index (χ0v) is 17.5. The number of fused-ring (bicyclic) bond motifs is 2. The lowest BCUT2D eigenvalue weighted by molar-refractivity contribution is -0.132. The second-order valence-electron chi connectivity index (χ2n) is 8.64. The summed E-state index contributed by atoms with van der Waals surface area (Å²) in [5, 5.41) is 3.81. The smallest absolute Gasteiger partial charge is 0.236 e. The molecule has 1 spiro atoms. The van der Waals surface area contributed by atoms with Crippen molar-refractivity contribution >= 4 is 38.5 Å². The van der Waals surface area contributed by atoms with E-state index in [2.05, 4.69) is 10.3 Å². The van der Waals surface area contributed by atoms with E-state index in [1.165, 1.54) is 11.3 Å². The third-order valence-corrected chi connectivity index (χ3v) is 7.98. The van der Waals surface area contributed by atoms with E-state index >= 15 is 0 Å². The molecule has 4 heterocycles. The average molecular weight is 426 g/mol. The molecule has 7 nitrogen and oxygen atoms in total. The van der Waals surface area contributed by atoms with Gasteiger partial charge in [0.1, 0.15) is 11.4 Å². The molecule has 0 unspecified atom stereocenters. The van der Waals surface area contributed by atoms with Crippen molar-refractivity contribution in [1.82, 2.24) is 10.3 Å². The van der Waals surface area contributed by atoms with Crippen LogP contribution >= 0.6 is 11.3 Å². The minimum atomic E-state index is -0.727. The van der Waals surface area contributed by atoms with Crippen LogP contribution in [0.4, 0.5) is 5.13 Å². The van der Waals surface area contributed by atoms with Gasteiger partial charge in [-0.05, 0) is 25.0 Å². The molecule has 1 saturated carbocycles. The van der Waals surface area contributed by atoms with Crippen LogP contribution in [0.5, 0.6) is 5.75 Å². The number of carbonyl (C=O) groups is 2. The van der Waals surface area contributed by atoms with Gasteiger partial charge in [-0.3, -0.25) is 14.5 Å². The Morgan fingerprint density at radius 2 is 2.20 bits per heavy atom. The number of rotatable bonds is 4. The van der Waals surface area contributed by atoms with Crippen LogP contribution in [0.1, 0.15) is 25.7 Å². The lowest BCUT2D eigenvalue weighted by Crippen LogP contribution is -2.46. The number of methoxy groups -OCH3 is 1. The van der Waals surface area contributed by atoms with E-state index < -0.39 is 17.4 Å².